The van der Waals surface area contributed by atoms with Crippen LogP contribution in [0.1, 0.15) is 18.4 Å². The number of aryl methyl sites for hydroxylation is 1. The molecule has 5 heteroatoms. The van der Waals surface area contributed by atoms with Gasteiger partial charge in [0.25, 0.3) is 0 Å². The first-order valence-corrected chi connectivity index (χ1v) is 6.22. The molecule has 90 valence electrons. The first-order chi connectivity index (χ1) is 8.06. The molecule has 4 nitrogen and oxygen atoms in total. The van der Waals surface area contributed by atoms with Gasteiger partial charge in [-0.2, -0.15) is 0 Å². The van der Waals surface area contributed by atoms with E-state index in [4.69, 9.17) is 0 Å². The summed E-state index contributed by atoms with van der Waals surface area (Å²) in [7, 11) is 0. The van der Waals surface area contributed by atoms with Crippen LogP contribution in [0.15, 0.2) is 22.7 Å². The Balaban J connectivity index is 2.05. The first-order valence-electron chi connectivity index (χ1n) is 5.42. The summed E-state index contributed by atoms with van der Waals surface area (Å²) in [6.45, 7) is 1.98. The molecule has 2 N–H and O–H groups in total. The van der Waals surface area contributed by atoms with Crippen molar-refractivity contribution >= 4 is 33.4 Å². The third kappa shape index (κ3) is 2.85. The van der Waals surface area contributed by atoms with Gasteiger partial charge in [0.2, 0.25) is 11.8 Å². The summed E-state index contributed by atoms with van der Waals surface area (Å²) in [5.74, 6) is -0.228. The molecule has 17 heavy (non-hydrogen) atoms. The second-order valence-corrected chi connectivity index (χ2v) is 4.99. The zero-order valence-corrected chi connectivity index (χ0v) is 11.0. The van der Waals surface area contributed by atoms with Crippen molar-refractivity contribution in [2.45, 2.75) is 25.8 Å². The molecule has 0 aromatic heterocycles. The van der Waals surface area contributed by atoms with Crippen molar-refractivity contribution in [1.82, 2.24) is 5.32 Å². The van der Waals surface area contributed by atoms with E-state index in [9.17, 15) is 9.59 Å². The summed E-state index contributed by atoms with van der Waals surface area (Å²) < 4.78 is 0.843. The molecule has 1 aromatic rings. The summed E-state index contributed by atoms with van der Waals surface area (Å²) in [6.07, 6.45) is 0.987. The van der Waals surface area contributed by atoms with Crippen molar-refractivity contribution < 1.29 is 9.59 Å². The molecular weight excluding hydrogens is 284 g/mol. The highest BCUT2D eigenvalue weighted by atomic mass is 79.9. The van der Waals surface area contributed by atoms with Crippen molar-refractivity contribution in [2.75, 3.05) is 5.32 Å². The molecule has 1 saturated heterocycles. The van der Waals surface area contributed by atoms with Gasteiger partial charge in [-0.15, -0.1) is 0 Å². The Morgan fingerprint density at radius 2 is 2.29 bits per heavy atom. The largest absolute Gasteiger partial charge is 0.344 e. The Labute approximate surface area is 108 Å². The Morgan fingerprint density at radius 3 is 2.88 bits per heavy atom. The van der Waals surface area contributed by atoms with Crippen LogP contribution >= 0.6 is 15.9 Å². The highest BCUT2D eigenvalue weighted by molar-refractivity contribution is 9.10. The van der Waals surface area contributed by atoms with E-state index in [0.717, 1.165) is 15.7 Å². The van der Waals surface area contributed by atoms with Gasteiger partial charge in [-0.3, -0.25) is 9.59 Å². The number of carbonyl (C=O) groups excluding carboxylic acids is 2. The lowest BCUT2D eigenvalue weighted by Gasteiger charge is -2.12. The highest BCUT2D eigenvalue weighted by Crippen LogP contribution is 2.24. The van der Waals surface area contributed by atoms with Crippen LogP contribution in [0, 0.1) is 6.92 Å². The number of hydrogen-bond acceptors (Lipinski definition) is 2. The average Bonchev–Trinajstić information content (AvgIpc) is 2.69. The van der Waals surface area contributed by atoms with Crippen molar-refractivity contribution in [3.8, 4) is 0 Å². The second-order valence-electron chi connectivity index (χ2n) is 4.13. The fourth-order valence-electron chi connectivity index (χ4n) is 1.75. The lowest BCUT2D eigenvalue weighted by molar-refractivity contribution is -0.122. The number of anilines is 1. The fourth-order valence-corrected chi connectivity index (χ4v) is 2.34. The number of hydrogen-bond donors (Lipinski definition) is 2. The van der Waals surface area contributed by atoms with E-state index in [2.05, 4.69) is 26.6 Å². The van der Waals surface area contributed by atoms with Crippen molar-refractivity contribution in [3.63, 3.8) is 0 Å². The molecule has 0 aliphatic carbocycles. The Morgan fingerprint density at radius 1 is 1.53 bits per heavy atom. The predicted octanol–water partition coefficient (Wildman–Crippen LogP) is 1.97. The summed E-state index contributed by atoms with van der Waals surface area (Å²) in [4.78, 5) is 22.9. The van der Waals surface area contributed by atoms with E-state index in [1.807, 2.05) is 25.1 Å². The maximum atomic E-state index is 11.9. The normalized spacial score (nSPS) is 18.9. The lowest BCUT2D eigenvalue weighted by Crippen LogP contribution is -2.37. The molecule has 0 bridgehead atoms. The van der Waals surface area contributed by atoms with Gasteiger partial charge in [-0.05, 0) is 47.0 Å². The van der Waals surface area contributed by atoms with Gasteiger partial charge in [-0.25, -0.2) is 0 Å². The van der Waals surface area contributed by atoms with Gasteiger partial charge in [0.15, 0.2) is 0 Å². The zero-order valence-electron chi connectivity index (χ0n) is 9.42. The summed E-state index contributed by atoms with van der Waals surface area (Å²) in [5, 5.41) is 5.44. The zero-order chi connectivity index (χ0) is 12.4. The molecule has 1 fully saturated rings. The van der Waals surface area contributed by atoms with Crippen molar-refractivity contribution in [1.29, 1.82) is 0 Å². The first kappa shape index (κ1) is 12.1. The quantitative estimate of drug-likeness (QED) is 0.877. The molecule has 1 aliphatic rings. The van der Waals surface area contributed by atoms with Crippen molar-refractivity contribution in [2.24, 2.45) is 0 Å². The Kier molecular flexibility index (Phi) is 3.47. The molecular formula is C12H13BrN2O2. The number of carbonyl (C=O) groups is 2. The van der Waals surface area contributed by atoms with Crippen LogP contribution in [0.3, 0.4) is 0 Å². The summed E-state index contributed by atoms with van der Waals surface area (Å²) in [6, 6.07) is 5.29. The highest BCUT2D eigenvalue weighted by Gasteiger charge is 2.27. The smallest absolute Gasteiger partial charge is 0.246 e. The predicted molar refractivity (Wildman–Crippen MR) is 68.7 cm³/mol. The van der Waals surface area contributed by atoms with Crippen LogP contribution in [0.5, 0.6) is 0 Å². The maximum Gasteiger partial charge on any atom is 0.246 e. The molecule has 0 spiro atoms. The molecule has 1 aliphatic heterocycles. The summed E-state index contributed by atoms with van der Waals surface area (Å²) in [5.41, 5.74) is 1.84. The molecule has 1 heterocycles. The third-order valence-electron chi connectivity index (χ3n) is 2.69. The van der Waals surface area contributed by atoms with E-state index in [1.54, 1.807) is 0 Å². The molecule has 1 aromatic carbocycles. The van der Waals surface area contributed by atoms with Gasteiger partial charge < -0.3 is 10.6 Å². The van der Waals surface area contributed by atoms with Gasteiger partial charge >= 0.3 is 0 Å². The second kappa shape index (κ2) is 4.87. The number of amides is 2. The van der Waals surface area contributed by atoms with Gasteiger partial charge in [0.1, 0.15) is 6.04 Å². The van der Waals surface area contributed by atoms with Crippen LogP contribution in [-0.4, -0.2) is 17.9 Å². The maximum absolute atomic E-state index is 11.9. The van der Waals surface area contributed by atoms with Crippen LogP contribution in [-0.2, 0) is 9.59 Å². The lowest BCUT2D eigenvalue weighted by atomic mass is 10.2. The van der Waals surface area contributed by atoms with Gasteiger partial charge in [0, 0.05) is 10.9 Å². The summed E-state index contributed by atoms with van der Waals surface area (Å²) >= 11 is 3.39. The average molecular weight is 297 g/mol. The molecule has 0 saturated carbocycles. The SMILES string of the molecule is Cc1ccc(NC(=O)C2CCC(=O)N2)c(Br)c1. The Bertz CT molecular complexity index is 474. The molecule has 1 unspecified atom stereocenters. The molecule has 0 radical (unpaired) electrons. The number of nitrogens with one attached hydrogen (secondary N) is 2. The van der Waals surface area contributed by atoms with E-state index < -0.39 is 6.04 Å². The van der Waals surface area contributed by atoms with Crippen LogP contribution < -0.4 is 10.6 Å². The van der Waals surface area contributed by atoms with E-state index in [0.29, 0.717) is 12.8 Å². The molecule has 1 atom stereocenters. The third-order valence-corrected chi connectivity index (χ3v) is 3.35. The van der Waals surface area contributed by atoms with Gasteiger partial charge in [-0.1, -0.05) is 6.07 Å². The van der Waals surface area contributed by atoms with Crippen LogP contribution in [0.2, 0.25) is 0 Å². The van der Waals surface area contributed by atoms with E-state index in [-0.39, 0.29) is 11.8 Å². The monoisotopic (exact) mass is 296 g/mol. The number of rotatable bonds is 2. The van der Waals surface area contributed by atoms with Gasteiger partial charge in [0.05, 0.1) is 5.69 Å². The minimum absolute atomic E-state index is 0.0619. The fraction of sp³-hybridized carbons (Fsp3) is 0.333. The molecule has 2 rings (SSSR count). The van der Waals surface area contributed by atoms with Crippen LogP contribution in [0.25, 0.3) is 0 Å². The van der Waals surface area contributed by atoms with E-state index >= 15 is 0 Å². The molecule has 2 amide bonds. The van der Waals surface area contributed by atoms with Crippen molar-refractivity contribution in [3.05, 3.63) is 28.2 Å². The standard InChI is InChI=1S/C12H13BrN2O2/c1-7-2-3-9(8(13)6-7)15-12(17)10-4-5-11(16)14-10/h2-3,6,10H,4-5H2,1H3,(H,14,16)(H,15,17). The minimum Gasteiger partial charge on any atom is -0.344 e. The number of benzene rings is 1. The number of halogens is 1. The minimum atomic E-state index is -0.407. The van der Waals surface area contributed by atoms with E-state index in [1.165, 1.54) is 0 Å². The topological polar surface area (TPSA) is 58.2 Å². The van der Waals surface area contributed by atoms with Crippen LogP contribution in [0.4, 0.5) is 5.69 Å². The Hall–Kier alpha value is -1.36.